The number of halogens is 3. The molecule has 2 rings (SSSR count). The van der Waals surface area contributed by atoms with Gasteiger partial charge in [0.25, 0.3) is 6.08 Å². The Labute approximate surface area is 119 Å². The molecule has 3 heteroatoms. The van der Waals surface area contributed by atoms with E-state index in [0.29, 0.717) is 18.4 Å². The molecule has 98 valence electrons. The highest BCUT2D eigenvalue weighted by Crippen LogP contribution is 2.26. The summed E-state index contributed by atoms with van der Waals surface area (Å²) in [6, 6.07) is 16.6. The van der Waals surface area contributed by atoms with Crippen molar-refractivity contribution in [2.24, 2.45) is 0 Å². The zero-order valence-corrected chi connectivity index (χ0v) is 11.8. The second-order valence-corrected chi connectivity index (χ2v) is 5.15. The minimum atomic E-state index is -1.59. The van der Waals surface area contributed by atoms with Crippen LogP contribution in [0.2, 0.25) is 0 Å². The number of hydrogen-bond acceptors (Lipinski definition) is 0. The van der Waals surface area contributed by atoms with Gasteiger partial charge in [0.2, 0.25) is 0 Å². The number of hydrogen-bond donors (Lipinski definition) is 0. The summed E-state index contributed by atoms with van der Waals surface area (Å²) in [5.74, 6) is 0. The number of rotatable bonds is 4. The van der Waals surface area contributed by atoms with Gasteiger partial charge in [-0.2, -0.15) is 8.78 Å². The molecule has 0 spiro atoms. The van der Waals surface area contributed by atoms with Crippen LogP contribution in [0.3, 0.4) is 0 Å². The van der Waals surface area contributed by atoms with E-state index in [2.05, 4.69) is 15.9 Å². The molecule has 19 heavy (non-hydrogen) atoms. The first-order valence-electron chi connectivity index (χ1n) is 6.01. The summed E-state index contributed by atoms with van der Waals surface area (Å²) in [6.45, 7) is 0. The van der Waals surface area contributed by atoms with E-state index in [1.807, 2.05) is 30.3 Å². The molecular weight excluding hydrogens is 310 g/mol. The van der Waals surface area contributed by atoms with Crippen LogP contribution in [0.1, 0.15) is 17.5 Å². The standard InChI is InChI=1S/C16H13BrF2/c17-14-9-6-12(7-10-14)8-11-15(16(18)19)13-4-2-1-3-5-13/h1-7,9-10H,8,11H2. The highest BCUT2D eigenvalue weighted by atomic mass is 79.9. The van der Waals surface area contributed by atoms with Crippen LogP contribution in [0, 0.1) is 0 Å². The molecule has 0 bridgehead atoms. The summed E-state index contributed by atoms with van der Waals surface area (Å²) >= 11 is 3.36. The minimum absolute atomic E-state index is 0.128. The fourth-order valence-electron chi connectivity index (χ4n) is 1.91. The highest BCUT2D eigenvalue weighted by Gasteiger charge is 2.09. The topological polar surface area (TPSA) is 0 Å². The summed E-state index contributed by atoms with van der Waals surface area (Å²) in [5, 5.41) is 0. The van der Waals surface area contributed by atoms with Crippen LogP contribution in [0.5, 0.6) is 0 Å². The number of allylic oxidation sites excluding steroid dienone is 1. The lowest BCUT2D eigenvalue weighted by Gasteiger charge is -2.07. The fourth-order valence-corrected chi connectivity index (χ4v) is 2.17. The van der Waals surface area contributed by atoms with Crippen molar-refractivity contribution < 1.29 is 8.78 Å². The monoisotopic (exact) mass is 322 g/mol. The summed E-state index contributed by atoms with van der Waals surface area (Å²) < 4.78 is 27.0. The third-order valence-electron chi connectivity index (χ3n) is 2.93. The molecule has 0 unspecified atom stereocenters. The molecule has 2 aromatic carbocycles. The molecule has 0 radical (unpaired) electrons. The Morgan fingerprint density at radius 1 is 0.895 bits per heavy atom. The van der Waals surface area contributed by atoms with Crippen molar-refractivity contribution in [3.05, 3.63) is 76.3 Å². The van der Waals surface area contributed by atoms with E-state index in [-0.39, 0.29) is 5.57 Å². The lowest BCUT2D eigenvalue weighted by molar-refractivity contribution is 0.423. The van der Waals surface area contributed by atoms with E-state index in [1.165, 1.54) is 0 Å². The van der Waals surface area contributed by atoms with Gasteiger partial charge in [-0.05, 0) is 36.1 Å². The van der Waals surface area contributed by atoms with Crippen LogP contribution in [0.25, 0.3) is 5.57 Å². The largest absolute Gasteiger partial charge is 0.274 e. The first-order chi connectivity index (χ1) is 9.16. The smallest absolute Gasteiger partial charge is 0.173 e. The van der Waals surface area contributed by atoms with Crippen LogP contribution in [0.4, 0.5) is 8.78 Å². The van der Waals surface area contributed by atoms with Crippen molar-refractivity contribution in [1.29, 1.82) is 0 Å². The van der Waals surface area contributed by atoms with E-state index >= 15 is 0 Å². The van der Waals surface area contributed by atoms with Crippen molar-refractivity contribution in [3.8, 4) is 0 Å². The maximum atomic E-state index is 13.0. The molecule has 0 atom stereocenters. The summed E-state index contributed by atoms with van der Waals surface area (Å²) in [7, 11) is 0. The van der Waals surface area contributed by atoms with Crippen LogP contribution in [0.15, 0.2) is 65.2 Å². The molecule has 0 N–H and O–H groups in total. The van der Waals surface area contributed by atoms with Gasteiger partial charge in [-0.25, -0.2) is 0 Å². The van der Waals surface area contributed by atoms with Gasteiger partial charge in [-0.1, -0.05) is 58.4 Å². The van der Waals surface area contributed by atoms with Crippen molar-refractivity contribution >= 4 is 21.5 Å². The Hall–Kier alpha value is -1.48. The van der Waals surface area contributed by atoms with Gasteiger partial charge in [0, 0.05) is 10.0 Å². The summed E-state index contributed by atoms with van der Waals surface area (Å²) in [4.78, 5) is 0. The van der Waals surface area contributed by atoms with Crippen molar-refractivity contribution in [2.75, 3.05) is 0 Å². The maximum Gasteiger partial charge on any atom is 0.274 e. The molecule has 0 saturated carbocycles. The van der Waals surface area contributed by atoms with Gasteiger partial charge in [0.1, 0.15) is 0 Å². The maximum absolute atomic E-state index is 13.0. The van der Waals surface area contributed by atoms with Gasteiger partial charge in [-0.3, -0.25) is 0 Å². The first-order valence-corrected chi connectivity index (χ1v) is 6.80. The molecule has 0 heterocycles. The second-order valence-electron chi connectivity index (χ2n) is 4.23. The zero-order valence-electron chi connectivity index (χ0n) is 10.2. The van der Waals surface area contributed by atoms with E-state index in [9.17, 15) is 8.78 Å². The number of aryl methyl sites for hydroxylation is 1. The summed E-state index contributed by atoms with van der Waals surface area (Å²) in [6.07, 6.45) is -0.647. The highest BCUT2D eigenvalue weighted by molar-refractivity contribution is 9.10. The van der Waals surface area contributed by atoms with Crippen LogP contribution < -0.4 is 0 Å². The molecular formula is C16H13BrF2. The van der Waals surface area contributed by atoms with Gasteiger partial charge in [-0.15, -0.1) is 0 Å². The molecule has 0 nitrogen and oxygen atoms in total. The Kier molecular flexibility index (Phi) is 4.86. The molecule has 0 aliphatic rings. The molecule has 0 aliphatic carbocycles. The molecule has 0 aromatic heterocycles. The second kappa shape index (κ2) is 6.62. The summed E-state index contributed by atoms with van der Waals surface area (Å²) in [5.41, 5.74) is 1.78. The van der Waals surface area contributed by atoms with Gasteiger partial charge in [0.15, 0.2) is 0 Å². The quantitative estimate of drug-likeness (QED) is 0.678. The van der Waals surface area contributed by atoms with Crippen LogP contribution in [-0.4, -0.2) is 0 Å². The zero-order chi connectivity index (χ0) is 13.7. The third kappa shape index (κ3) is 4.00. The van der Waals surface area contributed by atoms with Crippen LogP contribution in [-0.2, 0) is 6.42 Å². The normalized spacial score (nSPS) is 10.3. The van der Waals surface area contributed by atoms with E-state index in [4.69, 9.17) is 0 Å². The Morgan fingerprint density at radius 2 is 1.53 bits per heavy atom. The lowest BCUT2D eigenvalue weighted by atomic mass is 9.99. The Balaban J connectivity index is 2.11. The fraction of sp³-hybridized carbons (Fsp3) is 0.125. The lowest BCUT2D eigenvalue weighted by Crippen LogP contribution is -1.91. The molecule has 0 saturated heterocycles. The van der Waals surface area contributed by atoms with Crippen molar-refractivity contribution in [2.45, 2.75) is 12.8 Å². The van der Waals surface area contributed by atoms with Crippen molar-refractivity contribution in [1.82, 2.24) is 0 Å². The van der Waals surface area contributed by atoms with Gasteiger partial charge in [0.05, 0.1) is 0 Å². The first kappa shape index (κ1) is 13.9. The molecule has 0 fully saturated rings. The Morgan fingerprint density at radius 3 is 2.11 bits per heavy atom. The van der Waals surface area contributed by atoms with Gasteiger partial charge >= 0.3 is 0 Å². The average molecular weight is 323 g/mol. The Bertz CT molecular complexity index is 555. The van der Waals surface area contributed by atoms with E-state index in [0.717, 1.165) is 10.0 Å². The van der Waals surface area contributed by atoms with Crippen LogP contribution >= 0.6 is 15.9 Å². The molecule has 2 aromatic rings. The predicted octanol–water partition coefficient (Wildman–Crippen LogP) is 5.69. The van der Waals surface area contributed by atoms with E-state index in [1.54, 1.807) is 24.3 Å². The third-order valence-corrected chi connectivity index (χ3v) is 3.46. The van der Waals surface area contributed by atoms with Gasteiger partial charge < -0.3 is 0 Å². The molecule has 0 aliphatic heterocycles. The van der Waals surface area contributed by atoms with E-state index < -0.39 is 6.08 Å². The SMILES string of the molecule is FC(F)=C(CCc1ccc(Br)cc1)c1ccccc1. The minimum Gasteiger partial charge on any atom is -0.173 e. The average Bonchev–Trinajstić information content (AvgIpc) is 2.42. The van der Waals surface area contributed by atoms with Crippen molar-refractivity contribution in [3.63, 3.8) is 0 Å². The molecule has 0 amide bonds. The number of benzene rings is 2. The predicted molar refractivity (Wildman–Crippen MR) is 78.0 cm³/mol.